The minimum absolute atomic E-state index is 0.0218. The van der Waals surface area contributed by atoms with Gasteiger partial charge in [-0.1, -0.05) is 37.3 Å². The lowest BCUT2D eigenvalue weighted by Crippen LogP contribution is -2.41. The normalized spacial score (nSPS) is 18.9. The van der Waals surface area contributed by atoms with Crippen LogP contribution in [0, 0.1) is 0 Å². The largest absolute Gasteiger partial charge is 0.493 e. The summed E-state index contributed by atoms with van der Waals surface area (Å²) in [5.74, 6) is 9.74. The zero-order chi connectivity index (χ0) is 100. The summed E-state index contributed by atoms with van der Waals surface area (Å²) in [6, 6.07) is 36.7. The average molecular weight is 1970 g/mol. The fourth-order valence-corrected chi connectivity index (χ4v) is 19.3. The van der Waals surface area contributed by atoms with E-state index in [4.69, 9.17) is 19.4 Å². The minimum Gasteiger partial charge on any atom is -0.493 e. The Bertz CT molecular complexity index is 6950. The maximum Gasteiger partial charge on any atom is 0.227 e. The zero-order valence-electron chi connectivity index (χ0n) is 82.0. The van der Waals surface area contributed by atoms with E-state index in [-0.39, 0.29) is 47.7 Å². The summed E-state index contributed by atoms with van der Waals surface area (Å²) in [7, 11) is 13.2. The molecule has 0 radical (unpaired) electrons. The fraction of sp³-hybridized carbons (Fsp3) is 0.380. The SMILES string of the molecule is C=C1CCCC(=O)c2cnn3c(NC)cc(nc23)NC2CCCN1C2.CNc1cc2nc3c(cnn13)C(=O)CCCCC1CC(CN1C)N2.CNc1cc2nc3c(cnn13)NC(=O)CCCc1cccc(c1)N2.CNc1cc2nc3c(cnn13)NC(=O)CCNc1cccc(c1)N2.CNc1cc2nc3c(cnn13)NC(=O)CCOC1CCCC(C1)N2.CNc1cc2nc3c(cnn13)NC(=O)CCOc1cccc(c1)N2. The van der Waals surface area contributed by atoms with Gasteiger partial charge < -0.3 is 110 Å². The van der Waals surface area contributed by atoms with E-state index in [9.17, 15) is 28.8 Å². The van der Waals surface area contributed by atoms with E-state index in [1.165, 1.54) is 5.56 Å². The molecule has 12 aromatic heterocycles. The van der Waals surface area contributed by atoms with Gasteiger partial charge in [0.1, 0.15) is 98.3 Å². The van der Waals surface area contributed by atoms with Gasteiger partial charge in [0.15, 0.2) is 45.4 Å². The van der Waals surface area contributed by atoms with Gasteiger partial charge in [-0.15, -0.1) is 0 Å². The fourth-order valence-electron chi connectivity index (χ4n) is 19.3. The van der Waals surface area contributed by atoms with Crippen molar-refractivity contribution in [1.82, 2.24) is 97.4 Å². The number of ketones is 2. The number of hydrogen-bond acceptors (Lipinski definition) is 35. The first-order valence-corrected chi connectivity index (χ1v) is 49.4. The van der Waals surface area contributed by atoms with Gasteiger partial charge in [-0.2, -0.15) is 57.7 Å². The molecule has 0 spiro atoms. The number of anilines is 20. The second-order valence-corrected chi connectivity index (χ2v) is 36.8. The van der Waals surface area contributed by atoms with Gasteiger partial charge in [-0.05, 0) is 139 Å². The highest BCUT2D eigenvalue weighted by molar-refractivity contribution is 6.03. The van der Waals surface area contributed by atoms with Crippen molar-refractivity contribution in [2.45, 2.75) is 159 Å². The molecule has 1 aliphatic carbocycles. The second-order valence-electron chi connectivity index (χ2n) is 36.8. The first-order chi connectivity index (χ1) is 70.7. The Balaban J connectivity index is 0.000000110. The highest BCUT2D eigenvalue weighted by Gasteiger charge is 2.33. The third kappa shape index (κ3) is 22.7. The second kappa shape index (κ2) is 44.2. The zero-order valence-corrected chi connectivity index (χ0v) is 82.0. The summed E-state index contributed by atoms with van der Waals surface area (Å²) in [5.41, 5.74) is 13.3. The molecule has 45 nitrogen and oxygen atoms in total. The number of carbonyl (C=O) groups excluding carboxylic acids is 6. The molecule has 45 heteroatoms. The molecule has 15 aromatic rings. The number of hydrogen-bond donors (Lipinski definition) is 17. The Labute approximate surface area is 834 Å². The maximum atomic E-state index is 12.7. The monoisotopic (exact) mass is 1970 g/mol. The summed E-state index contributed by atoms with van der Waals surface area (Å²) in [5, 5.41) is 79.9. The van der Waals surface area contributed by atoms with Gasteiger partial charge >= 0.3 is 0 Å². The Morgan fingerprint density at radius 1 is 0.366 bits per heavy atom. The summed E-state index contributed by atoms with van der Waals surface area (Å²) in [4.78, 5) is 106. The molecule has 145 heavy (non-hydrogen) atoms. The number of nitrogens with zero attached hydrogens (tertiary/aromatic N) is 20. The third-order valence-corrected chi connectivity index (χ3v) is 26.6. The van der Waals surface area contributed by atoms with Crippen LogP contribution in [0.4, 0.5) is 115 Å². The lowest BCUT2D eigenvalue weighted by atomic mass is 9.93. The average Bonchev–Trinajstić information content (AvgIpc) is 1.63. The molecule has 4 amide bonds. The van der Waals surface area contributed by atoms with Crippen LogP contribution in [-0.2, 0) is 30.3 Å². The lowest BCUT2D eigenvalue weighted by molar-refractivity contribution is -0.118. The van der Waals surface area contributed by atoms with Crippen molar-refractivity contribution in [3.8, 4) is 5.75 Å². The van der Waals surface area contributed by atoms with Gasteiger partial charge in [0.05, 0.1) is 80.5 Å². The van der Waals surface area contributed by atoms with Gasteiger partial charge in [-0.3, -0.25) is 28.8 Å². The van der Waals surface area contributed by atoms with Crippen LogP contribution in [0.5, 0.6) is 5.75 Å². The van der Waals surface area contributed by atoms with E-state index >= 15 is 0 Å². The number of nitrogens with one attached hydrogen (secondary N) is 17. The molecule has 24 rings (SSSR count). The van der Waals surface area contributed by atoms with Gasteiger partial charge in [-0.25, -0.2) is 29.9 Å². The van der Waals surface area contributed by atoms with Crippen molar-refractivity contribution in [3.05, 3.63) is 175 Å². The minimum atomic E-state index is -0.147. The number of benzene rings is 3. The Kier molecular flexibility index (Phi) is 29.6. The third-order valence-electron chi connectivity index (χ3n) is 26.6. The molecule has 1 saturated carbocycles. The number of ether oxygens (including phenoxy) is 2. The van der Waals surface area contributed by atoms with Crippen molar-refractivity contribution >= 4 is 184 Å². The predicted molar refractivity (Wildman–Crippen MR) is 562 cm³/mol. The molecule has 24 bridgehead atoms. The van der Waals surface area contributed by atoms with Crippen LogP contribution in [0.3, 0.4) is 0 Å². The lowest BCUT2D eigenvalue weighted by Gasteiger charge is -2.36. The molecule has 20 heterocycles. The molecular weight excluding hydrogens is 1850 g/mol. The topological polar surface area (TPSA) is 513 Å². The Morgan fingerprint density at radius 3 is 1.35 bits per heavy atom. The molecule has 17 N–H and O–H groups in total. The predicted octanol–water partition coefficient (Wildman–Crippen LogP) is 13.7. The van der Waals surface area contributed by atoms with Crippen LogP contribution in [0.2, 0.25) is 0 Å². The van der Waals surface area contributed by atoms with Crippen molar-refractivity contribution in [2.24, 2.45) is 0 Å². The summed E-state index contributed by atoms with van der Waals surface area (Å²) < 4.78 is 21.6. The number of likely N-dealkylation sites (tertiary alicyclic amines) is 1. The van der Waals surface area contributed by atoms with Crippen LogP contribution in [-0.4, -0.2) is 252 Å². The summed E-state index contributed by atoms with van der Waals surface area (Å²) in [6.07, 6.45) is 26.5. The first-order valence-electron chi connectivity index (χ1n) is 49.4. The van der Waals surface area contributed by atoms with Crippen molar-refractivity contribution in [2.75, 3.05) is 179 Å². The molecule has 9 aliphatic rings. The molecule has 3 aromatic carbocycles. The number of likely N-dealkylation sites (N-methyl/N-ethyl adjacent to an activating group) is 1. The van der Waals surface area contributed by atoms with E-state index in [0.29, 0.717) is 167 Å². The Morgan fingerprint density at radius 2 is 0.800 bits per heavy atom. The highest BCUT2D eigenvalue weighted by Crippen LogP contribution is 2.36. The molecule has 5 atom stereocenters. The standard InChI is InChI=1S/C18H24N6O.C17H24N6O.C17H18N6O.C16H17N7O.C16H22N6O2.C16H16N6O2/c1-12-5-3-7-15(25)14-10-20-24-17(19-2)9-16(22-18(14)24)21-13-6-4-8-23(12)11-13;1-18-16-8-15-20-11-7-12(22(2)10-11)5-3-4-6-14(24)13-9-19-23(16)17(13)21-15;1-18-15-9-14-20-12-6-2-4-11(8-12)5-3-7-16(24)21-13-10-19-23(15)17(13)22-14;1-17-14-8-13-20-11-4-2-3-10(7-11)18-6-5-15(24)21-12-9-19-23(14)16(12)22-13;2*1-17-14-8-13-19-10-3-2-4-11(7-10)24-6-5-15(23)20-12-9-18-22(14)16(12)21-13/h9-10,13,19H,1,3-8,11H2,2H3,(H,21,22);8-9,11-12,18H,3-7,10H2,1-2H3,(H,20,21);2,4,6,8-10,18H,3,5,7H2,1H3,(H,20,22)(H,21,24);2-4,7-9,17-18H,5-6H2,1H3,(H,20,22)(H,21,24);8-11,17H,2-7H2,1H3,(H,19,21)(H,20,23);2-4,7-9,17H,5-6H2,1H3,(H,19,21)(H,20,23). The number of carbonyl (C=O) groups is 6. The molecular formula is C100H121N37O8. The van der Waals surface area contributed by atoms with E-state index in [1.807, 2.05) is 132 Å². The van der Waals surface area contributed by atoms with E-state index in [1.54, 1.807) is 71.3 Å². The summed E-state index contributed by atoms with van der Waals surface area (Å²) >= 11 is 0. The van der Waals surface area contributed by atoms with Crippen LogP contribution in [0.15, 0.2) is 159 Å². The smallest absolute Gasteiger partial charge is 0.227 e. The quantitative estimate of drug-likeness (QED) is 0.0735. The number of amides is 4. The Hall–Kier alpha value is -16.7. The van der Waals surface area contributed by atoms with Crippen molar-refractivity contribution in [1.29, 1.82) is 0 Å². The summed E-state index contributed by atoms with van der Waals surface area (Å²) in [6.45, 7) is 8.53. The molecule has 8 aliphatic heterocycles. The van der Waals surface area contributed by atoms with Crippen molar-refractivity contribution in [3.63, 3.8) is 0 Å². The number of fused-ring (bicyclic) bond motifs is 18. The van der Waals surface area contributed by atoms with E-state index in [2.05, 4.69) is 176 Å². The first kappa shape index (κ1) is 97.1. The molecule has 5 unspecified atom stereocenters. The van der Waals surface area contributed by atoms with Crippen LogP contribution in [0.25, 0.3) is 33.9 Å². The molecule has 3 fully saturated rings. The van der Waals surface area contributed by atoms with Crippen LogP contribution < -0.4 is 95.1 Å². The number of aromatic nitrogens is 18. The number of aryl methyl sites for hydroxylation is 1. The van der Waals surface area contributed by atoms with Crippen LogP contribution in [0.1, 0.15) is 148 Å². The maximum absolute atomic E-state index is 12.7. The number of piperidine rings is 1. The van der Waals surface area contributed by atoms with E-state index in [0.717, 1.165) is 190 Å². The van der Waals surface area contributed by atoms with Crippen LogP contribution >= 0.6 is 0 Å². The van der Waals surface area contributed by atoms with E-state index < -0.39 is 0 Å². The van der Waals surface area contributed by atoms with Gasteiger partial charge in [0.2, 0.25) is 23.6 Å². The number of Topliss-reactive ketones (excluding diaryl/α,β-unsaturated/α-hetero) is 2. The van der Waals surface area contributed by atoms with Crippen molar-refractivity contribution < 1.29 is 38.2 Å². The van der Waals surface area contributed by atoms with Gasteiger partial charge in [0.25, 0.3) is 0 Å². The number of rotatable bonds is 6. The highest BCUT2D eigenvalue weighted by atomic mass is 16.5. The molecule has 2 saturated heterocycles. The molecule has 754 valence electrons. The number of allylic oxidation sites excluding steroid dienone is 1. The van der Waals surface area contributed by atoms with Gasteiger partial charge in [0, 0.05) is 189 Å².